The topological polar surface area (TPSA) is 135 Å². The summed E-state index contributed by atoms with van der Waals surface area (Å²) in [5.41, 5.74) is 5.66. The molecule has 0 aromatic carbocycles. The summed E-state index contributed by atoms with van der Waals surface area (Å²) in [5.74, 6) is -1.95. The molecule has 1 aliphatic rings. The fourth-order valence-corrected chi connectivity index (χ4v) is 3.78. The molecule has 1 amide bonds. The zero-order chi connectivity index (χ0) is 26.5. The van der Waals surface area contributed by atoms with E-state index in [0.29, 0.717) is 19.3 Å². The molecule has 2 heterocycles. The Labute approximate surface area is 212 Å². The largest absolute Gasteiger partial charge is 0.463 e. The number of carbonyl (C=O) groups excluding carboxylic acids is 4. The van der Waals surface area contributed by atoms with Crippen LogP contribution in [0.4, 0.5) is 0 Å². The average Bonchev–Trinajstić information content (AvgIpc) is 3.20. The standard InChI is InChI=1S/C26H38N2O8/c1-4-7-12-20(29)33-17-19-23(35-21(30)13-8-5-2)24(36-22(31)14-9-6-3)26(34-19)28-15-10-11-18(16-28)25(27)32/h10-11,15-16,19,23-24,26H,4-9,12-14,17H2,1-3H3,(H-,27,32)/p+1/t19-,23-,24-,26-/m1/s1. The van der Waals surface area contributed by atoms with Crippen molar-refractivity contribution in [3.63, 3.8) is 0 Å². The van der Waals surface area contributed by atoms with Gasteiger partial charge in [0.1, 0.15) is 18.3 Å². The van der Waals surface area contributed by atoms with Gasteiger partial charge in [-0.25, -0.2) is 0 Å². The molecule has 1 aliphatic heterocycles. The van der Waals surface area contributed by atoms with Crippen LogP contribution in [0.25, 0.3) is 0 Å². The van der Waals surface area contributed by atoms with Crippen molar-refractivity contribution >= 4 is 23.8 Å². The number of amides is 1. The number of hydrogen-bond acceptors (Lipinski definition) is 8. The van der Waals surface area contributed by atoms with E-state index in [4.69, 9.17) is 24.7 Å². The number of aromatic nitrogens is 1. The summed E-state index contributed by atoms with van der Waals surface area (Å²) in [5, 5.41) is 0. The van der Waals surface area contributed by atoms with Crippen LogP contribution in [-0.4, -0.2) is 48.7 Å². The number of carbonyl (C=O) groups is 4. The summed E-state index contributed by atoms with van der Waals surface area (Å²) < 4.78 is 24.6. The van der Waals surface area contributed by atoms with Crippen molar-refractivity contribution in [1.29, 1.82) is 0 Å². The highest BCUT2D eigenvalue weighted by atomic mass is 16.7. The van der Waals surface area contributed by atoms with Gasteiger partial charge in [-0.05, 0) is 25.3 Å². The summed E-state index contributed by atoms with van der Waals surface area (Å²) >= 11 is 0. The van der Waals surface area contributed by atoms with E-state index in [2.05, 4.69) is 0 Å². The minimum atomic E-state index is -1.02. The van der Waals surface area contributed by atoms with E-state index < -0.39 is 42.4 Å². The molecule has 10 nitrogen and oxygen atoms in total. The van der Waals surface area contributed by atoms with Crippen LogP contribution in [0.3, 0.4) is 0 Å². The fraction of sp³-hybridized carbons (Fsp3) is 0.654. The molecule has 2 rings (SSSR count). The number of pyridine rings is 1. The molecule has 1 aromatic rings. The van der Waals surface area contributed by atoms with Crippen LogP contribution in [0.2, 0.25) is 0 Å². The third kappa shape index (κ3) is 8.89. The van der Waals surface area contributed by atoms with Crippen LogP contribution < -0.4 is 10.3 Å². The molecule has 1 aromatic heterocycles. The van der Waals surface area contributed by atoms with E-state index in [0.717, 1.165) is 19.3 Å². The van der Waals surface area contributed by atoms with Crippen LogP contribution in [-0.2, 0) is 33.3 Å². The van der Waals surface area contributed by atoms with Gasteiger partial charge in [0.05, 0.1) is 0 Å². The second-order valence-electron chi connectivity index (χ2n) is 8.87. The maximum absolute atomic E-state index is 12.6. The number of primary amides is 1. The Bertz CT molecular complexity index is 890. The molecule has 2 N–H and O–H groups in total. The number of ether oxygens (including phenoxy) is 4. The smallest absolute Gasteiger partial charge is 0.306 e. The zero-order valence-electron chi connectivity index (χ0n) is 21.5. The third-order valence-electron chi connectivity index (χ3n) is 5.83. The van der Waals surface area contributed by atoms with Crippen molar-refractivity contribution in [1.82, 2.24) is 0 Å². The monoisotopic (exact) mass is 507 g/mol. The minimum Gasteiger partial charge on any atom is -0.463 e. The van der Waals surface area contributed by atoms with Crippen LogP contribution in [0.5, 0.6) is 0 Å². The Kier molecular flexibility index (Phi) is 12.3. The summed E-state index contributed by atoms with van der Waals surface area (Å²) in [4.78, 5) is 49.1. The molecule has 0 spiro atoms. The van der Waals surface area contributed by atoms with Crippen LogP contribution in [0.1, 0.15) is 95.1 Å². The molecule has 0 radical (unpaired) electrons. The summed E-state index contributed by atoms with van der Waals surface area (Å²) in [6.45, 7) is 5.71. The predicted molar refractivity (Wildman–Crippen MR) is 128 cm³/mol. The Balaban J connectivity index is 2.35. The zero-order valence-corrected chi connectivity index (χ0v) is 21.5. The third-order valence-corrected chi connectivity index (χ3v) is 5.83. The summed E-state index contributed by atoms with van der Waals surface area (Å²) in [6, 6.07) is 3.16. The van der Waals surface area contributed by atoms with Gasteiger partial charge in [0.2, 0.25) is 6.10 Å². The lowest BCUT2D eigenvalue weighted by Gasteiger charge is -2.22. The molecule has 0 saturated carbocycles. The van der Waals surface area contributed by atoms with Gasteiger partial charge >= 0.3 is 24.1 Å². The van der Waals surface area contributed by atoms with Gasteiger partial charge in [0.25, 0.3) is 5.91 Å². The van der Waals surface area contributed by atoms with Gasteiger partial charge in [0.15, 0.2) is 18.5 Å². The van der Waals surface area contributed by atoms with Crippen molar-refractivity contribution in [2.24, 2.45) is 5.73 Å². The van der Waals surface area contributed by atoms with Crippen LogP contribution in [0, 0.1) is 0 Å². The quantitative estimate of drug-likeness (QED) is 0.217. The molecule has 1 saturated heterocycles. The van der Waals surface area contributed by atoms with E-state index in [-0.39, 0.29) is 37.4 Å². The van der Waals surface area contributed by atoms with Gasteiger partial charge in [-0.2, -0.15) is 4.57 Å². The average molecular weight is 508 g/mol. The van der Waals surface area contributed by atoms with Gasteiger partial charge in [0, 0.05) is 25.3 Å². The SMILES string of the molecule is CCCCC(=O)OC[C@H]1O[C@@H]([n+]2cccc(C(N)=O)c2)[C@H](OC(=O)CCCC)[C@@H]1OC(=O)CCCC. The molecule has 1 fully saturated rings. The lowest BCUT2D eigenvalue weighted by atomic mass is 10.1. The van der Waals surface area contributed by atoms with Crippen molar-refractivity contribution in [3.8, 4) is 0 Å². The molecule has 0 unspecified atom stereocenters. The fourth-order valence-electron chi connectivity index (χ4n) is 3.78. The minimum absolute atomic E-state index is 0.177. The van der Waals surface area contributed by atoms with E-state index in [9.17, 15) is 19.2 Å². The van der Waals surface area contributed by atoms with E-state index in [1.165, 1.54) is 6.20 Å². The molecule has 36 heavy (non-hydrogen) atoms. The number of esters is 3. The van der Waals surface area contributed by atoms with Gasteiger partial charge in [-0.15, -0.1) is 0 Å². The number of hydrogen-bond donors (Lipinski definition) is 1. The highest BCUT2D eigenvalue weighted by Gasteiger charge is 2.55. The molecular formula is C26H39N2O8+. The highest BCUT2D eigenvalue weighted by molar-refractivity contribution is 5.92. The Morgan fingerprint density at radius 1 is 0.889 bits per heavy atom. The van der Waals surface area contributed by atoms with E-state index in [1.54, 1.807) is 22.9 Å². The lowest BCUT2D eigenvalue weighted by Crippen LogP contribution is -2.49. The first-order chi connectivity index (χ1) is 17.3. The number of unbranched alkanes of at least 4 members (excludes halogenated alkanes) is 3. The highest BCUT2D eigenvalue weighted by Crippen LogP contribution is 2.32. The normalized spacial score (nSPS) is 21.1. The lowest BCUT2D eigenvalue weighted by molar-refractivity contribution is -0.765. The molecule has 0 bridgehead atoms. The van der Waals surface area contributed by atoms with Crippen molar-refractivity contribution in [2.75, 3.05) is 6.61 Å². The molecule has 10 heteroatoms. The first kappa shape index (κ1) is 29.2. The molecule has 200 valence electrons. The van der Waals surface area contributed by atoms with Gasteiger partial charge < -0.3 is 24.7 Å². The second-order valence-corrected chi connectivity index (χ2v) is 8.87. The maximum atomic E-state index is 12.6. The van der Waals surface area contributed by atoms with Crippen molar-refractivity contribution in [3.05, 3.63) is 30.1 Å². The molecule has 0 aliphatic carbocycles. The second kappa shape index (κ2) is 15.2. The Morgan fingerprint density at radius 2 is 1.44 bits per heavy atom. The number of rotatable bonds is 15. The first-order valence-electron chi connectivity index (χ1n) is 12.8. The predicted octanol–water partition coefficient (Wildman–Crippen LogP) is 2.91. The van der Waals surface area contributed by atoms with E-state index in [1.807, 2.05) is 20.8 Å². The number of nitrogens with zero attached hydrogens (tertiary/aromatic N) is 1. The van der Waals surface area contributed by atoms with Gasteiger partial charge in [-0.1, -0.05) is 40.0 Å². The van der Waals surface area contributed by atoms with Crippen molar-refractivity contribution < 1.29 is 42.7 Å². The molecular weight excluding hydrogens is 468 g/mol. The molecule has 4 atom stereocenters. The van der Waals surface area contributed by atoms with E-state index >= 15 is 0 Å². The van der Waals surface area contributed by atoms with Gasteiger partial charge in [-0.3, -0.25) is 19.2 Å². The Hall–Kier alpha value is -3.01. The summed E-state index contributed by atoms with van der Waals surface area (Å²) in [7, 11) is 0. The number of nitrogens with two attached hydrogens (primary N) is 1. The van der Waals surface area contributed by atoms with Crippen molar-refractivity contribution in [2.45, 2.75) is 103 Å². The van der Waals surface area contributed by atoms with Crippen LogP contribution >= 0.6 is 0 Å². The maximum Gasteiger partial charge on any atom is 0.306 e. The Morgan fingerprint density at radius 3 is 2.00 bits per heavy atom. The van der Waals surface area contributed by atoms with Crippen LogP contribution in [0.15, 0.2) is 24.5 Å². The first-order valence-corrected chi connectivity index (χ1v) is 12.8. The summed E-state index contributed by atoms with van der Waals surface area (Å²) in [6.07, 6.45) is 4.36.